The van der Waals surface area contributed by atoms with Crippen molar-refractivity contribution in [1.82, 2.24) is 44.9 Å². The standard InChI is InChI=1S/C50H60FN13O5/c1-5-49(48(68)56-32(2)3)14-20-61(21-15-49)42-10-6-33(27-53-42)45-46-34(26-52)28-55-64(46)31-40(58-45)35-29-54-63(30-35)37-12-18-62(19-13-37)44(66)25-50(69-4)16-22-60(23-17-50)41-9-7-36(24-38(41)51)57-39-8-11-43(65)59-47(39)67/h6-7,9-10,24,27-32,37,39,57H,5,8,11-23,25H2,1-4H3,(H,56,68)(H,59,65,67). The minimum absolute atomic E-state index is 0.0315. The summed E-state index contributed by atoms with van der Waals surface area (Å²) in [4.78, 5) is 66.7. The Balaban J connectivity index is 0.807. The van der Waals surface area contributed by atoms with E-state index in [-0.39, 0.29) is 48.1 Å². The second kappa shape index (κ2) is 19.6. The van der Waals surface area contributed by atoms with Crippen LogP contribution in [-0.2, 0) is 23.9 Å². The van der Waals surface area contributed by atoms with Crippen LogP contribution in [0.25, 0.3) is 28.0 Å². The van der Waals surface area contributed by atoms with Crippen LogP contribution in [0.4, 0.5) is 21.6 Å². The molecule has 18 nitrogen and oxygen atoms in total. The SMILES string of the molecule is CCC1(C(=O)NC(C)C)CCN(c2ccc(-c3nc(-c4cnn(C5CCN(C(=O)CC6(OC)CCN(c7ccc(NC8CCC(=O)NC8=O)cc7F)CC6)CC5)c4)cn4ncc(C#N)c34)cn2)CC1. The minimum atomic E-state index is -0.665. The molecule has 0 saturated carbocycles. The molecule has 1 unspecified atom stereocenters. The number of imide groups is 1. The summed E-state index contributed by atoms with van der Waals surface area (Å²) in [5.41, 5.74) is 3.60. The third-order valence-electron chi connectivity index (χ3n) is 14.8. The maximum atomic E-state index is 15.4. The second-order valence-corrected chi connectivity index (χ2v) is 19.3. The molecule has 362 valence electrons. The van der Waals surface area contributed by atoms with Gasteiger partial charge in [0.15, 0.2) is 0 Å². The molecule has 0 aliphatic carbocycles. The fraction of sp³-hybridized carbons (Fsp3) is 0.500. The van der Waals surface area contributed by atoms with Crippen LogP contribution in [0, 0.1) is 22.6 Å². The number of methoxy groups -OCH3 is 1. The number of anilines is 3. The van der Waals surface area contributed by atoms with Gasteiger partial charge in [-0.3, -0.25) is 29.2 Å². The molecule has 4 amide bonds. The number of fused-ring (bicyclic) bond motifs is 1. The molecule has 4 aromatic heterocycles. The molecule has 3 N–H and O–H groups in total. The number of likely N-dealkylation sites (tertiary alicyclic amines) is 1. The van der Waals surface area contributed by atoms with E-state index in [1.807, 2.05) is 46.7 Å². The Hall–Kier alpha value is -6.94. The summed E-state index contributed by atoms with van der Waals surface area (Å²) >= 11 is 0. The predicted molar refractivity (Wildman–Crippen MR) is 256 cm³/mol. The molecular formula is C50H60FN13O5. The first-order valence-corrected chi connectivity index (χ1v) is 24.1. The number of hydrogen-bond donors (Lipinski definition) is 3. The number of carbonyl (C=O) groups excluding carboxylic acids is 4. The van der Waals surface area contributed by atoms with Gasteiger partial charge in [0.1, 0.15) is 34.8 Å². The predicted octanol–water partition coefficient (Wildman–Crippen LogP) is 5.64. The average Bonchev–Trinajstić information content (AvgIpc) is 4.03. The maximum Gasteiger partial charge on any atom is 0.249 e. The van der Waals surface area contributed by atoms with E-state index < -0.39 is 23.4 Å². The second-order valence-electron chi connectivity index (χ2n) is 19.3. The number of hydrogen-bond acceptors (Lipinski definition) is 13. The number of ether oxygens (including phenoxy) is 1. The number of pyridine rings is 1. The Bertz CT molecular complexity index is 2760. The molecule has 19 heteroatoms. The Labute approximate surface area is 400 Å². The van der Waals surface area contributed by atoms with Crippen molar-refractivity contribution in [2.24, 2.45) is 5.41 Å². The molecule has 9 rings (SSSR count). The summed E-state index contributed by atoms with van der Waals surface area (Å²) in [6, 6.07) is 10.6. The normalized spacial score (nSPS) is 19.7. The number of nitriles is 1. The monoisotopic (exact) mass is 941 g/mol. The first-order chi connectivity index (χ1) is 33.3. The highest BCUT2D eigenvalue weighted by Gasteiger charge is 2.41. The first kappa shape index (κ1) is 47.1. The lowest BCUT2D eigenvalue weighted by Gasteiger charge is -2.43. The Morgan fingerprint density at radius 3 is 2.35 bits per heavy atom. The van der Waals surface area contributed by atoms with Gasteiger partial charge in [-0.15, -0.1) is 0 Å². The first-order valence-electron chi connectivity index (χ1n) is 24.1. The van der Waals surface area contributed by atoms with Crippen LogP contribution < -0.4 is 25.8 Å². The number of benzene rings is 1. The Morgan fingerprint density at radius 2 is 1.70 bits per heavy atom. The average molecular weight is 942 g/mol. The third-order valence-corrected chi connectivity index (χ3v) is 14.8. The van der Waals surface area contributed by atoms with Crippen molar-refractivity contribution in [3.8, 4) is 28.6 Å². The molecule has 4 aliphatic heterocycles. The summed E-state index contributed by atoms with van der Waals surface area (Å²) in [5, 5.41) is 27.7. The summed E-state index contributed by atoms with van der Waals surface area (Å²) in [6.45, 7) is 9.67. The molecule has 4 aliphatic rings. The van der Waals surface area contributed by atoms with Gasteiger partial charge in [0.2, 0.25) is 23.6 Å². The number of rotatable bonds is 13. The molecule has 8 heterocycles. The number of nitrogens with one attached hydrogen (secondary N) is 3. The molecular weight excluding hydrogens is 882 g/mol. The van der Waals surface area contributed by atoms with Gasteiger partial charge in [-0.1, -0.05) is 6.92 Å². The van der Waals surface area contributed by atoms with Gasteiger partial charge in [0, 0.05) is 88.0 Å². The number of amides is 4. The van der Waals surface area contributed by atoms with Crippen LogP contribution >= 0.6 is 0 Å². The molecule has 1 aromatic carbocycles. The number of carbonyl (C=O) groups is 4. The summed E-state index contributed by atoms with van der Waals surface area (Å²) in [7, 11) is 1.64. The molecule has 0 radical (unpaired) electrons. The molecule has 4 saturated heterocycles. The van der Waals surface area contributed by atoms with E-state index in [2.05, 4.69) is 38.9 Å². The van der Waals surface area contributed by atoms with Crippen LogP contribution in [-0.4, -0.2) is 122 Å². The molecule has 69 heavy (non-hydrogen) atoms. The van der Waals surface area contributed by atoms with Gasteiger partial charge >= 0.3 is 0 Å². The van der Waals surface area contributed by atoms with Crippen molar-refractivity contribution in [1.29, 1.82) is 5.26 Å². The highest BCUT2D eigenvalue weighted by Crippen LogP contribution is 2.38. The van der Waals surface area contributed by atoms with Gasteiger partial charge in [-0.25, -0.2) is 18.9 Å². The van der Waals surface area contributed by atoms with E-state index in [0.29, 0.717) is 79.3 Å². The molecule has 0 spiro atoms. The Kier molecular flexibility index (Phi) is 13.4. The molecule has 0 bridgehead atoms. The minimum Gasteiger partial charge on any atom is -0.378 e. The summed E-state index contributed by atoms with van der Waals surface area (Å²) in [5.74, 6) is -0.161. The van der Waals surface area contributed by atoms with E-state index in [4.69, 9.17) is 19.8 Å². The van der Waals surface area contributed by atoms with E-state index in [1.54, 1.807) is 48.5 Å². The van der Waals surface area contributed by atoms with E-state index >= 15 is 4.39 Å². The molecule has 4 fully saturated rings. The summed E-state index contributed by atoms with van der Waals surface area (Å²) < 4.78 is 25.1. The lowest BCUT2D eigenvalue weighted by atomic mass is 9.75. The fourth-order valence-electron chi connectivity index (χ4n) is 10.4. The highest BCUT2D eigenvalue weighted by molar-refractivity contribution is 6.01. The number of piperidine rings is 4. The number of nitrogens with zero attached hydrogens (tertiary/aromatic N) is 10. The number of aromatic nitrogens is 6. The molecule has 1 atom stereocenters. The van der Waals surface area contributed by atoms with Crippen molar-refractivity contribution < 1.29 is 28.3 Å². The van der Waals surface area contributed by atoms with Crippen LogP contribution in [0.2, 0.25) is 0 Å². The number of halogens is 1. The van der Waals surface area contributed by atoms with Crippen LogP contribution in [0.15, 0.2) is 61.3 Å². The van der Waals surface area contributed by atoms with E-state index in [9.17, 15) is 24.4 Å². The van der Waals surface area contributed by atoms with Crippen molar-refractivity contribution in [2.45, 2.75) is 109 Å². The van der Waals surface area contributed by atoms with Crippen molar-refractivity contribution in [3.63, 3.8) is 0 Å². The van der Waals surface area contributed by atoms with Crippen molar-refractivity contribution in [2.75, 3.05) is 61.5 Å². The zero-order valence-corrected chi connectivity index (χ0v) is 39.7. The van der Waals surface area contributed by atoms with Crippen LogP contribution in [0.5, 0.6) is 0 Å². The third kappa shape index (κ3) is 9.72. The van der Waals surface area contributed by atoms with Gasteiger partial charge in [0.25, 0.3) is 0 Å². The fourth-order valence-corrected chi connectivity index (χ4v) is 10.4. The molecule has 5 aromatic rings. The largest absolute Gasteiger partial charge is 0.378 e. The van der Waals surface area contributed by atoms with Gasteiger partial charge in [-0.2, -0.15) is 15.5 Å². The Morgan fingerprint density at radius 1 is 0.942 bits per heavy atom. The van der Waals surface area contributed by atoms with Gasteiger partial charge < -0.3 is 30.1 Å². The van der Waals surface area contributed by atoms with E-state index in [1.165, 1.54) is 6.07 Å². The van der Waals surface area contributed by atoms with Crippen molar-refractivity contribution in [3.05, 3.63) is 72.7 Å². The van der Waals surface area contributed by atoms with Crippen molar-refractivity contribution >= 4 is 46.3 Å². The zero-order valence-electron chi connectivity index (χ0n) is 39.7. The quantitative estimate of drug-likeness (QED) is 0.122. The van der Waals surface area contributed by atoms with Gasteiger partial charge in [-0.05, 0) is 95.5 Å². The highest BCUT2D eigenvalue weighted by atomic mass is 19.1. The summed E-state index contributed by atoms with van der Waals surface area (Å²) in [6.07, 6.45) is 14.5. The maximum absolute atomic E-state index is 15.4. The van der Waals surface area contributed by atoms with Crippen LogP contribution in [0.1, 0.15) is 96.6 Å². The van der Waals surface area contributed by atoms with E-state index in [0.717, 1.165) is 62.1 Å². The zero-order chi connectivity index (χ0) is 48.5. The lowest BCUT2D eigenvalue weighted by Crippen LogP contribution is -2.50. The topological polar surface area (TPSA) is 208 Å². The van der Waals surface area contributed by atoms with Gasteiger partial charge in [0.05, 0.1) is 59.1 Å². The smallest absolute Gasteiger partial charge is 0.249 e. The van der Waals surface area contributed by atoms with Crippen LogP contribution in [0.3, 0.4) is 0 Å². The lowest BCUT2D eigenvalue weighted by molar-refractivity contribution is -0.141.